The van der Waals surface area contributed by atoms with Gasteiger partial charge in [-0.25, -0.2) is 4.99 Å². The third-order valence-corrected chi connectivity index (χ3v) is 2.57. The van der Waals surface area contributed by atoms with Crippen LogP contribution in [0.1, 0.15) is 12.6 Å². The predicted molar refractivity (Wildman–Crippen MR) is 90.1 cm³/mol. The highest BCUT2D eigenvalue weighted by molar-refractivity contribution is 14.0. The molecule has 20 heavy (non-hydrogen) atoms. The number of hydrogen-bond donors (Lipinski definition) is 2. The molecule has 0 aliphatic heterocycles. The zero-order chi connectivity index (χ0) is 14.3. The molecule has 114 valence electrons. The highest BCUT2D eigenvalue weighted by Crippen LogP contribution is 1.97. The minimum Gasteiger partial charge on any atom is -0.357 e. The summed E-state index contributed by atoms with van der Waals surface area (Å²) in [6, 6.07) is 1.91. The highest BCUT2D eigenvalue weighted by atomic mass is 127. The molecule has 7 nitrogen and oxygen atoms in total. The van der Waals surface area contributed by atoms with E-state index in [-0.39, 0.29) is 36.4 Å². The number of guanidine groups is 1. The maximum Gasteiger partial charge on any atom is 0.241 e. The van der Waals surface area contributed by atoms with Gasteiger partial charge in [-0.3, -0.25) is 9.48 Å². The maximum absolute atomic E-state index is 11.5. The third kappa shape index (κ3) is 6.22. The Bertz CT molecular complexity index is 443. The SMILES string of the molecule is CCNC(=NCc1ccnn1C)NCC(=O)N(C)C.I. The predicted octanol–water partition coefficient (Wildman–Crippen LogP) is 0.181. The molecule has 0 radical (unpaired) electrons. The van der Waals surface area contributed by atoms with Crippen LogP contribution >= 0.6 is 24.0 Å². The van der Waals surface area contributed by atoms with E-state index in [1.165, 1.54) is 4.90 Å². The van der Waals surface area contributed by atoms with Crippen molar-refractivity contribution in [1.29, 1.82) is 0 Å². The number of aryl methyl sites for hydroxylation is 1. The molecule has 1 heterocycles. The smallest absolute Gasteiger partial charge is 0.241 e. The molecule has 0 bridgehead atoms. The van der Waals surface area contributed by atoms with Crippen LogP contribution in [0.15, 0.2) is 17.3 Å². The van der Waals surface area contributed by atoms with Crippen molar-refractivity contribution in [2.45, 2.75) is 13.5 Å². The second-order valence-electron chi connectivity index (χ2n) is 4.28. The molecular formula is C12H23IN6O. The molecule has 1 amide bonds. The molecule has 8 heteroatoms. The normalized spacial score (nSPS) is 10.7. The summed E-state index contributed by atoms with van der Waals surface area (Å²) in [7, 11) is 5.33. The monoisotopic (exact) mass is 394 g/mol. The number of nitrogens with one attached hydrogen (secondary N) is 2. The van der Waals surface area contributed by atoms with E-state index in [4.69, 9.17) is 0 Å². The van der Waals surface area contributed by atoms with Gasteiger partial charge in [0.25, 0.3) is 0 Å². The number of nitrogens with zero attached hydrogens (tertiary/aromatic N) is 4. The Labute approximate surface area is 136 Å². The van der Waals surface area contributed by atoms with Gasteiger partial charge in [0.05, 0.1) is 18.8 Å². The van der Waals surface area contributed by atoms with Crippen LogP contribution in [0.5, 0.6) is 0 Å². The van der Waals surface area contributed by atoms with E-state index in [1.807, 2.05) is 20.0 Å². The van der Waals surface area contributed by atoms with Crippen LogP contribution in [-0.2, 0) is 18.4 Å². The van der Waals surface area contributed by atoms with Crippen LogP contribution in [0.25, 0.3) is 0 Å². The van der Waals surface area contributed by atoms with E-state index < -0.39 is 0 Å². The van der Waals surface area contributed by atoms with Crippen molar-refractivity contribution in [2.75, 3.05) is 27.2 Å². The van der Waals surface area contributed by atoms with Crippen LogP contribution < -0.4 is 10.6 Å². The van der Waals surface area contributed by atoms with Crippen LogP contribution in [0.3, 0.4) is 0 Å². The van der Waals surface area contributed by atoms with Crippen molar-refractivity contribution in [3.05, 3.63) is 18.0 Å². The lowest BCUT2D eigenvalue weighted by atomic mass is 10.4. The van der Waals surface area contributed by atoms with Gasteiger partial charge in [-0.2, -0.15) is 5.10 Å². The lowest BCUT2D eigenvalue weighted by Gasteiger charge is -2.14. The zero-order valence-electron chi connectivity index (χ0n) is 12.4. The first kappa shape index (κ1) is 18.7. The number of aromatic nitrogens is 2. The van der Waals surface area contributed by atoms with Gasteiger partial charge >= 0.3 is 0 Å². The molecule has 0 aliphatic carbocycles. The molecule has 0 aliphatic rings. The van der Waals surface area contributed by atoms with Crippen LogP contribution in [-0.4, -0.2) is 53.7 Å². The second-order valence-corrected chi connectivity index (χ2v) is 4.28. The Balaban J connectivity index is 0.00000361. The first-order chi connectivity index (χ1) is 9.04. The minimum atomic E-state index is 0. The Morgan fingerprint density at radius 1 is 1.45 bits per heavy atom. The third-order valence-electron chi connectivity index (χ3n) is 2.57. The molecule has 0 fully saturated rings. The largest absolute Gasteiger partial charge is 0.357 e. The van der Waals surface area contributed by atoms with E-state index in [2.05, 4.69) is 20.7 Å². The lowest BCUT2D eigenvalue weighted by molar-refractivity contribution is -0.127. The molecule has 0 saturated heterocycles. The van der Waals surface area contributed by atoms with Crippen molar-refractivity contribution >= 4 is 35.8 Å². The molecule has 1 aromatic rings. The van der Waals surface area contributed by atoms with Crippen molar-refractivity contribution in [1.82, 2.24) is 25.3 Å². The zero-order valence-corrected chi connectivity index (χ0v) is 14.7. The molecule has 1 rings (SSSR count). The summed E-state index contributed by atoms with van der Waals surface area (Å²) < 4.78 is 1.78. The summed E-state index contributed by atoms with van der Waals surface area (Å²) in [6.07, 6.45) is 1.74. The molecule has 2 N–H and O–H groups in total. The standard InChI is InChI=1S/C12H22N6O.HI/c1-5-13-12(15-9-11(19)17(2)3)14-8-10-6-7-16-18(10)4;/h6-7H,5,8-9H2,1-4H3,(H2,13,14,15);1H. The Kier molecular flexibility index (Phi) is 8.93. The average molecular weight is 394 g/mol. The molecule has 0 atom stereocenters. The number of hydrogen-bond acceptors (Lipinski definition) is 3. The molecule has 1 aromatic heterocycles. The number of rotatable bonds is 5. The molecule has 0 unspecified atom stereocenters. The van der Waals surface area contributed by atoms with Gasteiger partial charge in [0, 0.05) is 33.9 Å². The van der Waals surface area contributed by atoms with Crippen LogP contribution in [0, 0.1) is 0 Å². The van der Waals surface area contributed by atoms with Gasteiger partial charge in [0.2, 0.25) is 5.91 Å². The van der Waals surface area contributed by atoms with E-state index >= 15 is 0 Å². The highest BCUT2D eigenvalue weighted by Gasteiger charge is 2.05. The molecule has 0 saturated carbocycles. The molecular weight excluding hydrogens is 371 g/mol. The summed E-state index contributed by atoms with van der Waals surface area (Å²) in [4.78, 5) is 17.5. The van der Waals surface area contributed by atoms with Gasteiger partial charge in [0.1, 0.15) is 0 Å². The minimum absolute atomic E-state index is 0. The number of carbonyl (C=O) groups excluding carboxylic acids is 1. The summed E-state index contributed by atoms with van der Waals surface area (Å²) >= 11 is 0. The number of carbonyl (C=O) groups is 1. The van der Waals surface area contributed by atoms with Gasteiger partial charge in [-0.1, -0.05) is 0 Å². The fourth-order valence-corrected chi connectivity index (χ4v) is 1.38. The average Bonchev–Trinajstić information content (AvgIpc) is 2.78. The first-order valence-electron chi connectivity index (χ1n) is 6.23. The second kappa shape index (κ2) is 9.56. The van der Waals surface area contributed by atoms with Crippen LogP contribution in [0.4, 0.5) is 0 Å². The summed E-state index contributed by atoms with van der Waals surface area (Å²) in [5, 5.41) is 10.2. The van der Waals surface area contributed by atoms with E-state index in [9.17, 15) is 4.79 Å². The van der Waals surface area contributed by atoms with Crippen molar-refractivity contribution in [2.24, 2.45) is 12.0 Å². The van der Waals surface area contributed by atoms with Crippen molar-refractivity contribution in [3.63, 3.8) is 0 Å². The topological polar surface area (TPSA) is 74.5 Å². The van der Waals surface area contributed by atoms with Crippen molar-refractivity contribution in [3.8, 4) is 0 Å². The fraction of sp³-hybridized carbons (Fsp3) is 0.583. The Morgan fingerprint density at radius 3 is 2.65 bits per heavy atom. The van der Waals surface area contributed by atoms with Gasteiger partial charge in [-0.05, 0) is 13.0 Å². The van der Waals surface area contributed by atoms with Gasteiger partial charge in [-0.15, -0.1) is 24.0 Å². The fourth-order valence-electron chi connectivity index (χ4n) is 1.38. The maximum atomic E-state index is 11.5. The Morgan fingerprint density at radius 2 is 2.15 bits per heavy atom. The quantitative estimate of drug-likeness (QED) is 0.425. The number of halogens is 1. The summed E-state index contributed by atoms with van der Waals surface area (Å²) in [5.41, 5.74) is 1.01. The van der Waals surface area contributed by atoms with E-state index in [0.717, 1.165) is 12.2 Å². The van der Waals surface area contributed by atoms with Gasteiger partial charge in [0.15, 0.2) is 5.96 Å². The summed E-state index contributed by atoms with van der Waals surface area (Å²) in [6.45, 7) is 3.47. The van der Waals surface area contributed by atoms with Crippen LogP contribution in [0.2, 0.25) is 0 Å². The molecule has 0 aromatic carbocycles. The number of amides is 1. The van der Waals surface area contributed by atoms with E-state index in [1.54, 1.807) is 25.0 Å². The van der Waals surface area contributed by atoms with E-state index in [0.29, 0.717) is 12.5 Å². The number of likely N-dealkylation sites (N-methyl/N-ethyl adjacent to an activating group) is 1. The first-order valence-corrected chi connectivity index (χ1v) is 6.23. The van der Waals surface area contributed by atoms with Gasteiger partial charge < -0.3 is 15.5 Å². The summed E-state index contributed by atoms with van der Waals surface area (Å²) in [5.74, 6) is 0.630. The van der Waals surface area contributed by atoms with Crippen molar-refractivity contribution < 1.29 is 4.79 Å². The lowest BCUT2D eigenvalue weighted by Crippen LogP contribution is -2.42. The number of aliphatic imine (C=N–C) groups is 1. The molecule has 0 spiro atoms. The Hall–Kier alpha value is -1.32.